The molecule has 1 amide bonds. The maximum atomic E-state index is 12.3. The molecule has 1 saturated heterocycles. The van der Waals surface area contributed by atoms with Crippen LogP contribution in [-0.2, 0) is 4.79 Å². The third-order valence-electron chi connectivity index (χ3n) is 6.17. The van der Waals surface area contributed by atoms with Crippen molar-refractivity contribution >= 4 is 23.5 Å². The number of hydrogen-bond donors (Lipinski definition) is 2. The van der Waals surface area contributed by atoms with E-state index in [1.807, 2.05) is 22.7 Å². The van der Waals surface area contributed by atoms with Crippen LogP contribution in [0.15, 0.2) is 36.9 Å². The fourth-order valence-electron chi connectivity index (χ4n) is 4.21. The lowest BCUT2D eigenvalue weighted by Crippen LogP contribution is -2.39. The van der Waals surface area contributed by atoms with Crippen LogP contribution in [0.5, 0.6) is 0 Å². The summed E-state index contributed by atoms with van der Waals surface area (Å²) in [6.07, 6.45) is 10.6. The van der Waals surface area contributed by atoms with Crippen molar-refractivity contribution in [2.45, 2.75) is 38.6 Å². The Morgan fingerprint density at radius 3 is 2.64 bits per heavy atom. The van der Waals surface area contributed by atoms with Gasteiger partial charge in [0.1, 0.15) is 0 Å². The van der Waals surface area contributed by atoms with E-state index >= 15 is 0 Å². The van der Waals surface area contributed by atoms with Crippen LogP contribution in [0.3, 0.4) is 0 Å². The zero-order valence-corrected chi connectivity index (χ0v) is 18.3. The molecule has 0 spiro atoms. The second kappa shape index (κ2) is 8.61. The van der Waals surface area contributed by atoms with Gasteiger partial charge in [-0.3, -0.25) is 9.48 Å². The summed E-state index contributed by atoms with van der Waals surface area (Å²) in [5.74, 6) is -0.188. The van der Waals surface area contributed by atoms with Gasteiger partial charge in [-0.05, 0) is 50.3 Å². The number of nitrogens with one attached hydrogen (secondary N) is 1. The Kier molecular flexibility index (Phi) is 5.49. The molecule has 10 heteroatoms. The Hall–Kier alpha value is -3.82. The molecule has 0 radical (unpaired) electrons. The average molecular weight is 447 g/mol. The highest BCUT2D eigenvalue weighted by molar-refractivity contribution is 5.93. The third-order valence-corrected chi connectivity index (χ3v) is 6.17. The van der Waals surface area contributed by atoms with E-state index < -0.39 is 5.97 Å². The molecule has 0 atom stereocenters. The second-order valence-electron chi connectivity index (χ2n) is 8.59. The number of amides is 1. The highest BCUT2D eigenvalue weighted by Crippen LogP contribution is 2.33. The number of carbonyl (C=O) groups is 2. The van der Waals surface area contributed by atoms with Crippen molar-refractivity contribution in [3.8, 4) is 11.3 Å². The van der Waals surface area contributed by atoms with Crippen molar-refractivity contribution in [2.75, 3.05) is 18.4 Å². The van der Waals surface area contributed by atoms with E-state index in [0.29, 0.717) is 23.1 Å². The molecule has 0 bridgehead atoms. The molecule has 1 aliphatic carbocycles. The Labute approximate surface area is 190 Å². The maximum Gasteiger partial charge on any atom is 0.355 e. The summed E-state index contributed by atoms with van der Waals surface area (Å²) in [7, 11) is 0. The summed E-state index contributed by atoms with van der Waals surface area (Å²) in [4.78, 5) is 38.7. The Morgan fingerprint density at radius 2 is 1.91 bits per heavy atom. The number of carboxylic acids is 1. The van der Waals surface area contributed by atoms with Gasteiger partial charge in [-0.1, -0.05) is 0 Å². The van der Waals surface area contributed by atoms with Crippen LogP contribution >= 0.6 is 0 Å². The zero-order chi connectivity index (χ0) is 22.9. The van der Waals surface area contributed by atoms with Gasteiger partial charge in [0.2, 0.25) is 11.9 Å². The summed E-state index contributed by atoms with van der Waals surface area (Å²) < 4.78 is 1.93. The normalized spacial score (nSPS) is 16.6. The smallest absolute Gasteiger partial charge is 0.355 e. The molecule has 0 aromatic carbocycles. The molecule has 170 valence electrons. The van der Waals surface area contributed by atoms with Crippen molar-refractivity contribution in [1.82, 2.24) is 29.6 Å². The molecule has 3 aromatic rings. The van der Waals surface area contributed by atoms with E-state index in [1.54, 1.807) is 24.5 Å². The van der Waals surface area contributed by atoms with Crippen LogP contribution in [-0.4, -0.2) is 59.7 Å². The minimum Gasteiger partial charge on any atom is -0.476 e. The van der Waals surface area contributed by atoms with E-state index in [2.05, 4.69) is 25.4 Å². The number of piperidine rings is 1. The van der Waals surface area contributed by atoms with Crippen molar-refractivity contribution in [3.05, 3.63) is 48.2 Å². The minimum atomic E-state index is -1.11. The molecule has 2 fully saturated rings. The Bertz CT molecular complexity index is 1200. The van der Waals surface area contributed by atoms with Crippen LogP contribution in [0.4, 0.5) is 11.6 Å². The number of hydrogen-bond acceptors (Lipinski definition) is 7. The minimum absolute atomic E-state index is 0.0513. The highest BCUT2D eigenvalue weighted by Gasteiger charge is 2.35. The van der Waals surface area contributed by atoms with Crippen LogP contribution in [0, 0.1) is 12.8 Å². The summed E-state index contributed by atoms with van der Waals surface area (Å²) in [6.45, 7) is 3.37. The first kappa shape index (κ1) is 21.0. The lowest BCUT2D eigenvalue weighted by atomic mass is 10.0. The molecule has 0 unspecified atom stereocenters. The standard InChI is InChI=1S/C23H25N7O3/c1-14-11-25-23(28-19(14)18-3-2-8-24-20(18)22(32)33)27-16-12-26-30(13-16)17-6-9-29(10-7-17)21(31)15-4-5-15/h2-3,8,11-13,15,17H,4-7,9-10H2,1H3,(H,32,33)(H,25,27,28). The number of carboxylic acid groups (broad SMARTS) is 1. The SMILES string of the molecule is Cc1cnc(Nc2cnn(C3CCN(C(=O)C4CC4)CC3)c2)nc1-c1cccnc1C(=O)O. The second-order valence-corrected chi connectivity index (χ2v) is 8.59. The van der Waals surface area contributed by atoms with Crippen LogP contribution in [0.25, 0.3) is 11.3 Å². The van der Waals surface area contributed by atoms with Crippen molar-refractivity contribution in [2.24, 2.45) is 5.92 Å². The summed E-state index contributed by atoms with van der Waals surface area (Å²) in [6, 6.07) is 3.62. The number of aromatic nitrogens is 5. The predicted molar refractivity (Wildman–Crippen MR) is 120 cm³/mol. The molecule has 2 aliphatic rings. The molecular weight excluding hydrogens is 422 g/mol. The Balaban J connectivity index is 1.29. The summed E-state index contributed by atoms with van der Waals surface area (Å²) in [5.41, 5.74) is 2.39. The van der Waals surface area contributed by atoms with Crippen LogP contribution in [0.1, 0.15) is 47.8 Å². The fraction of sp³-hybridized carbons (Fsp3) is 0.391. The monoisotopic (exact) mass is 447 g/mol. The van der Waals surface area contributed by atoms with Crippen molar-refractivity contribution in [1.29, 1.82) is 0 Å². The number of anilines is 2. The van der Waals surface area contributed by atoms with Gasteiger partial charge >= 0.3 is 5.97 Å². The number of carbonyl (C=O) groups excluding carboxylic acids is 1. The van der Waals surface area contributed by atoms with E-state index in [0.717, 1.165) is 50.0 Å². The Morgan fingerprint density at radius 1 is 1.12 bits per heavy atom. The van der Waals surface area contributed by atoms with Crippen molar-refractivity contribution in [3.63, 3.8) is 0 Å². The highest BCUT2D eigenvalue weighted by atomic mass is 16.4. The van der Waals surface area contributed by atoms with E-state index in [9.17, 15) is 14.7 Å². The molecule has 10 nitrogen and oxygen atoms in total. The van der Waals surface area contributed by atoms with Gasteiger partial charge < -0.3 is 15.3 Å². The van der Waals surface area contributed by atoms with Crippen LogP contribution < -0.4 is 5.32 Å². The first-order chi connectivity index (χ1) is 16.0. The molecule has 4 heterocycles. The molecule has 2 N–H and O–H groups in total. The van der Waals surface area contributed by atoms with Gasteiger partial charge in [-0.25, -0.2) is 19.7 Å². The predicted octanol–water partition coefficient (Wildman–Crippen LogP) is 3.06. The zero-order valence-electron chi connectivity index (χ0n) is 18.3. The molecular formula is C23H25N7O3. The first-order valence-electron chi connectivity index (χ1n) is 11.1. The number of aromatic carboxylic acids is 1. The maximum absolute atomic E-state index is 12.3. The lowest BCUT2D eigenvalue weighted by Gasteiger charge is -2.32. The lowest BCUT2D eigenvalue weighted by molar-refractivity contribution is -0.133. The van der Waals surface area contributed by atoms with E-state index in [-0.39, 0.29) is 17.7 Å². The van der Waals surface area contributed by atoms with Crippen molar-refractivity contribution < 1.29 is 14.7 Å². The number of aryl methyl sites for hydroxylation is 1. The van der Waals surface area contributed by atoms with Gasteiger partial charge in [0.05, 0.1) is 23.6 Å². The van der Waals surface area contributed by atoms with Gasteiger partial charge in [0.15, 0.2) is 5.69 Å². The summed E-state index contributed by atoms with van der Waals surface area (Å²) in [5, 5.41) is 17.1. The van der Waals surface area contributed by atoms with Crippen LogP contribution in [0.2, 0.25) is 0 Å². The van der Waals surface area contributed by atoms with E-state index in [1.165, 1.54) is 6.20 Å². The quantitative estimate of drug-likeness (QED) is 0.590. The first-order valence-corrected chi connectivity index (χ1v) is 11.1. The molecule has 5 rings (SSSR count). The largest absolute Gasteiger partial charge is 0.476 e. The van der Waals surface area contributed by atoms with Gasteiger partial charge in [0, 0.05) is 43.2 Å². The topological polar surface area (TPSA) is 126 Å². The average Bonchev–Trinajstić information content (AvgIpc) is 3.58. The fourth-order valence-corrected chi connectivity index (χ4v) is 4.21. The van der Waals surface area contributed by atoms with Gasteiger partial charge in [-0.15, -0.1) is 0 Å². The molecule has 33 heavy (non-hydrogen) atoms. The van der Waals surface area contributed by atoms with Gasteiger partial charge in [0.25, 0.3) is 0 Å². The summed E-state index contributed by atoms with van der Waals surface area (Å²) >= 11 is 0. The molecule has 1 saturated carbocycles. The van der Waals surface area contributed by atoms with E-state index in [4.69, 9.17) is 0 Å². The number of pyridine rings is 1. The third kappa shape index (κ3) is 4.41. The number of rotatable bonds is 6. The molecule has 1 aliphatic heterocycles. The number of nitrogens with zero attached hydrogens (tertiary/aromatic N) is 6. The molecule has 3 aromatic heterocycles. The van der Waals surface area contributed by atoms with Gasteiger partial charge in [-0.2, -0.15) is 5.10 Å². The number of likely N-dealkylation sites (tertiary alicyclic amines) is 1.